The summed E-state index contributed by atoms with van der Waals surface area (Å²) in [5.41, 5.74) is 1.30. The van der Waals surface area contributed by atoms with Crippen LogP contribution in [0.25, 0.3) is 10.9 Å². The van der Waals surface area contributed by atoms with Crippen LogP contribution in [0.3, 0.4) is 0 Å². The highest BCUT2D eigenvalue weighted by molar-refractivity contribution is 7.89. The van der Waals surface area contributed by atoms with Crippen molar-refractivity contribution in [2.75, 3.05) is 18.4 Å². The van der Waals surface area contributed by atoms with Crippen LogP contribution in [-0.4, -0.2) is 39.2 Å². The highest BCUT2D eigenvalue weighted by atomic mass is 32.2. The SMILES string of the molecule is CC1CCN(S(=O)(=O)c2ccc3nc(Nc4ccc(S(N)(=O)=O)cc4)ccc3c2)CC1. The minimum Gasteiger partial charge on any atom is -0.340 e. The van der Waals surface area contributed by atoms with Gasteiger partial charge in [0.05, 0.1) is 15.3 Å². The van der Waals surface area contributed by atoms with Crippen LogP contribution in [0.5, 0.6) is 0 Å². The van der Waals surface area contributed by atoms with Gasteiger partial charge in [-0.3, -0.25) is 0 Å². The van der Waals surface area contributed by atoms with E-state index in [0.717, 1.165) is 18.2 Å². The van der Waals surface area contributed by atoms with Gasteiger partial charge in [0.15, 0.2) is 0 Å². The van der Waals surface area contributed by atoms with E-state index >= 15 is 0 Å². The van der Waals surface area contributed by atoms with E-state index < -0.39 is 20.0 Å². The van der Waals surface area contributed by atoms with Crippen LogP contribution in [-0.2, 0) is 20.0 Å². The van der Waals surface area contributed by atoms with Gasteiger partial charge in [-0.15, -0.1) is 0 Å². The number of rotatable bonds is 5. The molecule has 1 saturated heterocycles. The van der Waals surface area contributed by atoms with Gasteiger partial charge in [-0.2, -0.15) is 4.31 Å². The van der Waals surface area contributed by atoms with E-state index in [1.165, 1.54) is 12.1 Å². The lowest BCUT2D eigenvalue weighted by molar-refractivity contribution is 0.288. The number of pyridine rings is 1. The molecule has 0 aliphatic carbocycles. The summed E-state index contributed by atoms with van der Waals surface area (Å²) in [6.07, 6.45) is 1.75. The highest BCUT2D eigenvalue weighted by Gasteiger charge is 2.28. The van der Waals surface area contributed by atoms with Crippen molar-refractivity contribution in [1.82, 2.24) is 9.29 Å². The number of aromatic nitrogens is 1. The van der Waals surface area contributed by atoms with Gasteiger partial charge < -0.3 is 5.32 Å². The summed E-state index contributed by atoms with van der Waals surface area (Å²) in [5, 5.41) is 8.94. The first kappa shape index (κ1) is 21.7. The van der Waals surface area contributed by atoms with E-state index in [-0.39, 0.29) is 9.79 Å². The van der Waals surface area contributed by atoms with Crippen LogP contribution in [0.1, 0.15) is 19.8 Å². The van der Waals surface area contributed by atoms with Gasteiger partial charge in [-0.1, -0.05) is 6.92 Å². The van der Waals surface area contributed by atoms with Crippen LogP contribution >= 0.6 is 0 Å². The van der Waals surface area contributed by atoms with Crippen molar-refractivity contribution < 1.29 is 16.8 Å². The molecule has 10 heteroatoms. The molecule has 0 unspecified atom stereocenters. The average Bonchev–Trinajstić information content (AvgIpc) is 2.73. The molecule has 1 fully saturated rings. The molecule has 1 aromatic heterocycles. The Morgan fingerprint density at radius 2 is 1.58 bits per heavy atom. The third-order valence-electron chi connectivity index (χ3n) is 5.50. The lowest BCUT2D eigenvalue weighted by Gasteiger charge is -2.29. The number of hydrogen-bond acceptors (Lipinski definition) is 6. The zero-order valence-corrected chi connectivity index (χ0v) is 18.7. The Labute approximate surface area is 182 Å². The Morgan fingerprint density at radius 3 is 2.23 bits per heavy atom. The van der Waals surface area contributed by atoms with Crippen molar-refractivity contribution >= 4 is 42.5 Å². The Hall–Kier alpha value is -2.53. The molecule has 0 spiro atoms. The van der Waals surface area contributed by atoms with Crippen molar-refractivity contribution in [2.24, 2.45) is 11.1 Å². The van der Waals surface area contributed by atoms with E-state index in [2.05, 4.69) is 17.2 Å². The Kier molecular flexibility index (Phi) is 5.73. The molecule has 2 heterocycles. The van der Waals surface area contributed by atoms with Gasteiger partial charge in [0.25, 0.3) is 0 Å². The molecule has 3 N–H and O–H groups in total. The maximum Gasteiger partial charge on any atom is 0.243 e. The number of primary sulfonamides is 1. The smallest absolute Gasteiger partial charge is 0.243 e. The van der Waals surface area contributed by atoms with E-state index in [4.69, 9.17) is 5.14 Å². The van der Waals surface area contributed by atoms with Crippen molar-refractivity contribution in [3.8, 4) is 0 Å². The fourth-order valence-corrected chi connectivity index (χ4v) is 5.60. The van der Waals surface area contributed by atoms with Crippen molar-refractivity contribution in [2.45, 2.75) is 29.6 Å². The van der Waals surface area contributed by atoms with Crippen molar-refractivity contribution in [1.29, 1.82) is 0 Å². The molecule has 0 bridgehead atoms. The molecule has 4 rings (SSSR count). The Bertz CT molecular complexity index is 1320. The molecule has 0 radical (unpaired) electrons. The first-order chi connectivity index (χ1) is 14.6. The van der Waals surface area contributed by atoms with E-state index in [0.29, 0.717) is 36.0 Å². The van der Waals surface area contributed by atoms with Crippen LogP contribution in [0, 0.1) is 5.92 Å². The summed E-state index contributed by atoms with van der Waals surface area (Å²) in [6, 6.07) is 14.5. The number of sulfonamides is 2. The monoisotopic (exact) mass is 460 g/mol. The number of anilines is 2. The second-order valence-corrected chi connectivity index (χ2v) is 11.3. The fourth-order valence-electron chi connectivity index (χ4n) is 3.58. The summed E-state index contributed by atoms with van der Waals surface area (Å²) in [4.78, 5) is 4.83. The summed E-state index contributed by atoms with van der Waals surface area (Å²) in [7, 11) is -7.27. The van der Waals surface area contributed by atoms with Crippen LogP contribution in [0.4, 0.5) is 11.5 Å². The molecule has 0 saturated carbocycles. The van der Waals surface area contributed by atoms with Gasteiger partial charge in [0.1, 0.15) is 5.82 Å². The first-order valence-electron chi connectivity index (χ1n) is 9.94. The molecule has 1 aliphatic rings. The van der Waals surface area contributed by atoms with E-state index in [1.54, 1.807) is 46.8 Å². The second kappa shape index (κ2) is 8.19. The fraction of sp³-hybridized carbons (Fsp3) is 0.286. The molecule has 2 aromatic carbocycles. The predicted octanol–water partition coefficient (Wildman–Crippen LogP) is 3.05. The molecule has 0 atom stereocenters. The standard InChI is InChI=1S/C21H24N4O4S2/c1-15-10-12-25(13-11-15)31(28,29)19-7-8-20-16(14-19)2-9-21(24-20)23-17-3-5-18(6-4-17)30(22,26)27/h2-9,14-15H,10-13H2,1H3,(H,23,24)(H2,22,26,27). The molecule has 164 valence electrons. The zero-order chi connectivity index (χ0) is 22.2. The minimum atomic E-state index is -3.74. The summed E-state index contributed by atoms with van der Waals surface area (Å²) < 4.78 is 50.3. The zero-order valence-electron chi connectivity index (χ0n) is 17.0. The number of fused-ring (bicyclic) bond motifs is 1. The summed E-state index contributed by atoms with van der Waals surface area (Å²) in [5.74, 6) is 1.10. The third kappa shape index (κ3) is 4.72. The Morgan fingerprint density at radius 1 is 0.935 bits per heavy atom. The number of benzene rings is 2. The molecule has 8 nitrogen and oxygen atoms in total. The van der Waals surface area contributed by atoms with Gasteiger partial charge in [-0.25, -0.2) is 27.0 Å². The van der Waals surface area contributed by atoms with Gasteiger partial charge >= 0.3 is 0 Å². The summed E-state index contributed by atoms with van der Waals surface area (Å²) in [6.45, 7) is 3.24. The number of nitrogens with zero attached hydrogens (tertiary/aromatic N) is 2. The molecular weight excluding hydrogens is 436 g/mol. The number of hydrogen-bond donors (Lipinski definition) is 2. The number of nitrogens with two attached hydrogens (primary N) is 1. The first-order valence-corrected chi connectivity index (χ1v) is 12.9. The van der Waals surface area contributed by atoms with Gasteiger partial charge in [-0.05, 0) is 73.4 Å². The molecule has 3 aromatic rings. The summed E-state index contributed by atoms with van der Waals surface area (Å²) >= 11 is 0. The molecule has 31 heavy (non-hydrogen) atoms. The topological polar surface area (TPSA) is 122 Å². The molecular formula is C21H24N4O4S2. The van der Waals surface area contributed by atoms with Gasteiger partial charge in [0.2, 0.25) is 20.0 Å². The van der Waals surface area contributed by atoms with Crippen LogP contribution in [0.2, 0.25) is 0 Å². The molecule has 1 aliphatic heterocycles. The third-order valence-corrected chi connectivity index (χ3v) is 8.32. The maximum atomic E-state index is 13.0. The van der Waals surface area contributed by atoms with E-state index in [1.807, 2.05) is 0 Å². The maximum absolute atomic E-state index is 13.0. The Balaban J connectivity index is 1.56. The quantitative estimate of drug-likeness (QED) is 0.603. The van der Waals surface area contributed by atoms with Crippen LogP contribution in [0.15, 0.2) is 64.4 Å². The lowest BCUT2D eigenvalue weighted by atomic mass is 10.0. The van der Waals surface area contributed by atoms with E-state index in [9.17, 15) is 16.8 Å². The predicted molar refractivity (Wildman–Crippen MR) is 120 cm³/mol. The minimum absolute atomic E-state index is 0.0291. The highest BCUT2D eigenvalue weighted by Crippen LogP contribution is 2.27. The van der Waals surface area contributed by atoms with Crippen molar-refractivity contribution in [3.05, 3.63) is 54.6 Å². The second-order valence-electron chi connectivity index (χ2n) is 7.83. The van der Waals surface area contributed by atoms with Crippen LogP contribution < -0.4 is 10.5 Å². The van der Waals surface area contributed by atoms with Gasteiger partial charge in [0, 0.05) is 24.2 Å². The molecule has 0 amide bonds. The normalized spacial score (nSPS) is 16.5. The number of piperidine rings is 1. The largest absolute Gasteiger partial charge is 0.340 e. The number of nitrogens with one attached hydrogen (secondary N) is 1. The average molecular weight is 461 g/mol. The lowest BCUT2D eigenvalue weighted by Crippen LogP contribution is -2.37. The van der Waals surface area contributed by atoms with Crippen molar-refractivity contribution in [3.63, 3.8) is 0 Å².